The summed E-state index contributed by atoms with van der Waals surface area (Å²) in [7, 11) is -3.82. The van der Waals surface area contributed by atoms with Crippen molar-refractivity contribution in [3.63, 3.8) is 0 Å². The molecule has 3 heterocycles. The van der Waals surface area contributed by atoms with Crippen LogP contribution in [0.2, 0.25) is 0 Å². The zero-order chi connectivity index (χ0) is 21.3. The summed E-state index contributed by atoms with van der Waals surface area (Å²) in [6.07, 6.45) is 3.29. The van der Waals surface area contributed by atoms with Crippen molar-refractivity contribution in [3.05, 3.63) is 52.5 Å². The van der Waals surface area contributed by atoms with Crippen molar-refractivity contribution in [1.82, 2.24) is 4.31 Å². The standard InChI is InChI=1S/C20H25N3O6S/c1-15-6-7-22(19(13-15)20-3-2-10-29-20)17-5-4-16(14-18(17)23(24)25)30(26,27)21-8-11-28-12-9-21/h2-5,10,14-15,19H,6-9,11-13H2,1H3. The number of piperidine rings is 1. The summed E-state index contributed by atoms with van der Waals surface area (Å²) in [5.74, 6) is 1.21. The predicted octanol–water partition coefficient (Wildman–Crippen LogP) is 3.19. The van der Waals surface area contributed by atoms with E-state index in [1.807, 2.05) is 11.0 Å². The molecule has 0 radical (unpaired) electrons. The summed E-state index contributed by atoms with van der Waals surface area (Å²) in [5.41, 5.74) is 0.199. The van der Waals surface area contributed by atoms with Crippen LogP contribution in [0.25, 0.3) is 0 Å². The zero-order valence-electron chi connectivity index (χ0n) is 16.8. The molecule has 2 aliphatic rings. The van der Waals surface area contributed by atoms with Gasteiger partial charge in [-0.3, -0.25) is 10.1 Å². The Labute approximate surface area is 175 Å². The second-order valence-corrected chi connectivity index (χ2v) is 9.72. The van der Waals surface area contributed by atoms with Crippen LogP contribution < -0.4 is 4.90 Å². The molecule has 1 aromatic heterocycles. The molecule has 2 fully saturated rings. The first-order valence-electron chi connectivity index (χ1n) is 10.0. The molecule has 2 aromatic rings. The van der Waals surface area contributed by atoms with Gasteiger partial charge in [-0.05, 0) is 43.0 Å². The number of anilines is 1. The van der Waals surface area contributed by atoms with Crippen molar-refractivity contribution in [2.24, 2.45) is 5.92 Å². The Morgan fingerprint density at radius 1 is 1.17 bits per heavy atom. The quantitative estimate of drug-likeness (QED) is 0.524. The Kier molecular flexibility index (Phi) is 5.81. The van der Waals surface area contributed by atoms with Crippen molar-refractivity contribution in [1.29, 1.82) is 0 Å². The Hall–Kier alpha value is -2.43. The van der Waals surface area contributed by atoms with Gasteiger partial charge in [0.15, 0.2) is 0 Å². The summed E-state index contributed by atoms with van der Waals surface area (Å²) < 4.78 is 38.1. The van der Waals surface area contributed by atoms with Crippen LogP contribution in [0.5, 0.6) is 0 Å². The number of hydrogen-bond acceptors (Lipinski definition) is 7. The third-order valence-electron chi connectivity index (χ3n) is 5.80. The van der Waals surface area contributed by atoms with E-state index in [4.69, 9.17) is 9.15 Å². The SMILES string of the molecule is CC1CCN(c2ccc(S(=O)(=O)N3CCOCC3)cc2[N+](=O)[O-])C(c2ccco2)C1. The number of rotatable bonds is 5. The molecular formula is C20H25N3O6S. The van der Waals surface area contributed by atoms with E-state index in [0.29, 0.717) is 31.4 Å². The first-order chi connectivity index (χ1) is 14.4. The van der Waals surface area contributed by atoms with E-state index >= 15 is 0 Å². The maximum absolute atomic E-state index is 13.0. The number of ether oxygens (including phenoxy) is 1. The summed E-state index contributed by atoms with van der Waals surface area (Å²) in [6.45, 7) is 3.89. The summed E-state index contributed by atoms with van der Waals surface area (Å²) in [4.78, 5) is 13.3. The van der Waals surface area contributed by atoms with Crippen LogP contribution in [-0.4, -0.2) is 50.5 Å². The van der Waals surface area contributed by atoms with Gasteiger partial charge in [0.2, 0.25) is 10.0 Å². The lowest BCUT2D eigenvalue weighted by Crippen LogP contribution is -2.40. The highest BCUT2D eigenvalue weighted by Gasteiger charge is 2.35. The van der Waals surface area contributed by atoms with Gasteiger partial charge in [-0.1, -0.05) is 6.92 Å². The lowest BCUT2D eigenvalue weighted by molar-refractivity contribution is -0.384. The molecule has 30 heavy (non-hydrogen) atoms. The fraction of sp³-hybridized carbons (Fsp3) is 0.500. The zero-order valence-corrected chi connectivity index (χ0v) is 17.6. The lowest BCUT2D eigenvalue weighted by Gasteiger charge is -2.38. The van der Waals surface area contributed by atoms with Crippen LogP contribution >= 0.6 is 0 Å². The Morgan fingerprint density at radius 3 is 2.60 bits per heavy atom. The molecule has 0 saturated carbocycles. The third kappa shape index (κ3) is 3.94. The number of nitrogens with zero attached hydrogens (tertiary/aromatic N) is 3. The number of nitro benzene ring substituents is 1. The molecule has 0 bridgehead atoms. The number of benzene rings is 1. The molecule has 2 unspecified atom stereocenters. The molecule has 9 nitrogen and oxygen atoms in total. The molecule has 0 spiro atoms. The van der Waals surface area contributed by atoms with Gasteiger partial charge in [0.25, 0.3) is 5.69 Å². The van der Waals surface area contributed by atoms with Gasteiger partial charge in [0.1, 0.15) is 11.4 Å². The normalized spacial score (nSPS) is 23.4. The van der Waals surface area contributed by atoms with Gasteiger partial charge >= 0.3 is 0 Å². The highest BCUT2D eigenvalue weighted by molar-refractivity contribution is 7.89. The Bertz CT molecular complexity index is 1000. The topological polar surface area (TPSA) is 106 Å². The van der Waals surface area contributed by atoms with E-state index in [9.17, 15) is 18.5 Å². The van der Waals surface area contributed by atoms with Crippen LogP contribution in [0.3, 0.4) is 0 Å². The van der Waals surface area contributed by atoms with Crippen LogP contribution in [-0.2, 0) is 14.8 Å². The second-order valence-electron chi connectivity index (χ2n) is 7.78. The highest BCUT2D eigenvalue weighted by atomic mass is 32.2. The van der Waals surface area contributed by atoms with Gasteiger partial charge < -0.3 is 14.1 Å². The van der Waals surface area contributed by atoms with Gasteiger partial charge in [-0.15, -0.1) is 0 Å². The summed E-state index contributed by atoms with van der Waals surface area (Å²) in [6, 6.07) is 7.74. The van der Waals surface area contributed by atoms with E-state index in [1.165, 1.54) is 16.4 Å². The predicted molar refractivity (Wildman–Crippen MR) is 110 cm³/mol. The van der Waals surface area contributed by atoms with Crippen LogP contribution in [0.15, 0.2) is 45.9 Å². The van der Waals surface area contributed by atoms with E-state index < -0.39 is 14.9 Å². The average Bonchev–Trinajstić information content (AvgIpc) is 3.29. The van der Waals surface area contributed by atoms with E-state index in [-0.39, 0.29) is 29.7 Å². The number of furan rings is 1. The molecule has 10 heteroatoms. The summed E-state index contributed by atoms with van der Waals surface area (Å²) in [5, 5.41) is 11.9. The minimum absolute atomic E-state index is 0.0697. The minimum Gasteiger partial charge on any atom is -0.467 e. The number of nitro groups is 1. The van der Waals surface area contributed by atoms with E-state index in [2.05, 4.69) is 6.92 Å². The van der Waals surface area contributed by atoms with Crippen molar-refractivity contribution in [2.45, 2.75) is 30.7 Å². The number of morpholine rings is 1. The van der Waals surface area contributed by atoms with E-state index in [1.54, 1.807) is 18.4 Å². The van der Waals surface area contributed by atoms with Gasteiger partial charge in [-0.2, -0.15) is 4.31 Å². The van der Waals surface area contributed by atoms with Crippen LogP contribution in [0, 0.1) is 16.0 Å². The molecule has 0 amide bonds. The molecular weight excluding hydrogens is 410 g/mol. The first kappa shape index (κ1) is 20.8. The monoisotopic (exact) mass is 435 g/mol. The maximum atomic E-state index is 13.0. The van der Waals surface area contributed by atoms with Crippen molar-refractivity contribution >= 4 is 21.4 Å². The number of hydrogen-bond donors (Lipinski definition) is 0. The lowest BCUT2D eigenvalue weighted by atomic mass is 9.90. The minimum atomic E-state index is -3.82. The summed E-state index contributed by atoms with van der Waals surface area (Å²) >= 11 is 0. The van der Waals surface area contributed by atoms with Gasteiger partial charge in [0, 0.05) is 25.7 Å². The maximum Gasteiger partial charge on any atom is 0.293 e. The highest BCUT2D eigenvalue weighted by Crippen LogP contribution is 2.42. The smallest absolute Gasteiger partial charge is 0.293 e. The molecule has 2 saturated heterocycles. The fourth-order valence-electron chi connectivity index (χ4n) is 4.17. The third-order valence-corrected chi connectivity index (χ3v) is 7.69. The molecule has 0 N–H and O–H groups in total. The molecule has 2 atom stereocenters. The van der Waals surface area contributed by atoms with Crippen LogP contribution in [0.4, 0.5) is 11.4 Å². The fourth-order valence-corrected chi connectivity index (χ4v) is 5.60. The number of sulfonamides is 1. The van der Waals surface area contributed by atoms with Gasteiger partial charge in [-0.25, -0.2) is 8.42 Å². The average molecular weight is 436 g/mol. The molecule has 1 aromatic carbocycles. The molecule has 4 rings (SSSR count). The van der Waals surface area contributed by atoms with Crippen molar-refractivity contribution in [3.8, 4) is 0 Å². The van der Waals surface area contributed by atoms with Gasteiger partial charge in [0.05, 0.1) is 35.3 Å². The Morgan fingerprint density at radius 2 is 1.93 bits per heavy atom. The van der Waals surface area contributed by atoms with Crippen LogP contribution in [0.1, 0.15) is 31.6 Å². The molecule has 162 valence electrons. The van der Waals surface area contributed by atoms with Crippen molar-refractivity contribution in [2.75, 3.05) is 37.7 Å². The largest absolute Gasteiger partial charge is 0.467 e. The van der Waals surface area contributed by atoms with E-state index in [0.717, 1.165) is 18.6 Å². The molecule has 2 aliphatic heterocycles. The molecule has 0 aliphatic carbocycles. The Balaban J connectivity index is 1.72. The first-order valence-corrected chi connectivity index (χ1v) is 11.5. The second kappa shape index (κ2) is 8.37. The van der Waals surface area contributed by atoms with Crippen molar-refractivity contribution < 1.29 is 22.5 Å².